The number of halogens is 2. The fourth-order valence-corrected chi connectivity index (χ4v) is 1.17. The number of benzene rings is 1. The Bertz CT molecular complexity index is 327. The highest BCUT2D eigenvalue weighted by atomic mass is 19.1. The Kier molecular flexibility index (Phi) is 3.33. The van der Waals surface area contributed by atoms with Crippen LogP contribution in [-0.4, -0.2) is 5.78 Å². The van der Waals surface area contributed by atoms with Crippen LogP contribution in [0.1, 0.15) is 30.6 Å². The second kappa shape index (κ2) is 4.31. The third-order valence-electron chi connectivity index (χ3n) is 2.21. The molecule has 1 nitrogen and oxygen atoms in total. The van der Waals surface area contributed by atoms with Crippen molar-refractivity contribution in [2.75, 3.05) is 0 Å². The highest BCUT2D eigenvalue weighted by molar-refractivity contribution is 5.97. The molecule has 0 N–H and O–H groups in total. The Labute approximate surface area is 81.7 Å². The normalized spacial score (nSPS) is 12.6. The van der Waals surface area contributed by atoms with Crippen molar-refractivity contribution in [3.05, 3.63) is 35.4 Å². The fraction of sp³-hybridized carbons (Fsp3) is 0.364. The maximum absolute atomic E-state index is 12.8. The van der Waals surface area contributed by atoms with Crippen molar-refractivity contribution < 1.29 is 13.6 Å². The lowest BCUT2D eigenvalue weighted by Crippen LogP contribution is -2.10. The summed E-state index contributed by atoms with van der Waals surface area (Å²) in [4.78, 5) is 11.5. The molecule has 1 aromatic carbocycles. The van der Waals surface area contributed by atoms with Gasteiger partial charge >= 0.3 is 0 Å². The Balaban J connectivity index is 3.01. The van der Waals surface area contributed by atoms with E-state index in [2.05, 4.69) is 0 Å². The lowest BCUT2D eigenvalue weighted by Gasteiger charge is -2.07. The molecule has 0 aromatic heterocycles. The summed E-state index contributed by atoms with van der Waals surface area (Å²) in [5.41, 5.74) is 0.108. The SMILES string of the molecule is CCC(C)C(=O)c1cc(F)cc(F)c1. The molecule has 0 saturated heterocycles. The zero-order chi connectivity index (χ0) is 10.7. The lowest BCUT2D eigenvalue weighted by atomic mass is 9.97. The quantitative estimate of drug-likeness (QED) is 0.681. The Morgan fingerprint density at radius 3 is 2.21 bits per heavy atom. The van der Waals surface area contributed by atoms with Crippen molar-refractivity contribution >= 4 is 5.78 Å². The van der Waals surface area contributed by atoms with Gasteiger partial charge in [-0.3, -0.25) is 4.79 Å². The molecular weight excluding hydrogens is 186 g/mol. The van der Waals surface area contributed by atoms with Crippen LogP contribution >= 0.6 is 0 Å². The number of hydrogen-bond acceptors (Lipinski definition) is 1. The van der Waals surface area contributed by atoms with Gasteiger partial charge in [0.15, 0.2) is 5.78 Å². The van der Waals surface area contributed by atoms with Gasteiger partial charge in [0.05, 0.1) is 0 Å². The molecule has 3 heteroatoms. The highest BCUT2D eigenvalue weighted by Gasteiger charge is 2.14. The molecule has 1 rings (SSSR count). The molecule has 0 saturated carbocycles. The minimum Gasteiger partial charge on any atom is -0.294 e. The maximum Gasteiger partial charge on any atom is 0.165 e. The minimum atomic E-state index is -0.711. The largest absolute Gasteiger partial charge is 0.294 e. The Hall–Kier alpha value is -1.25. The van der Waals surface area contributed by atoms with E-state index in [1.165, 1.54) is 0 Å². The number of ketones is 1. The van der Waals surface area contributed by atoms with Crippen LogP contribution in [0.25, 0.3) is 0 Å². The number of rotatable bonds is 3. The maximum atomic E-state index is 12.8. The molecule has 0 aliphatic rings. The average molecular weight is 198 g/mol. The molecule has 14 heavy (non-hydrogen) atoms. The highest BCUT2D eigenvalue weighted by Crippen LogP contribution is 2.14. The Morgan fingerprint density at radius 1 is 1.29 bits per heavy atom. The van der Waals surface area contributed by atoms with E-state index in [0.717, 1.165) is 18.2 Å². The molecule has 1 unspecified atom stereocenters. The van der Waals surface area contributed by atoms with Gasteiger partial charge in [0.2, 0.25) is 0 Å². The molecule has 0 amide bonds. The first-order valence-electron chi connectivity index (χ1n) is 4.55. The third-order valence-corrected chi connectivity index (χ3v) is 2.21. The summed E-state index contributed by atoms with van der Waals surface area (Å²) < 4.78 is 25.5. The van der Waals surface area contributed by atoms with E-state index in [1.54, 1.807) is 6.92 Å². The summed E-state index contributed by atoms with van der Waals surface area (Å²) in [6.07, 6.45) is 0.664. The van der Waals surface area contributed by atoms with Gasteiger partial charge < -0.3 is 0 Å². The number of carbonyl (C=O) groups excluding carboxylic acids is 1. The summed E-state index contributed by atoms with van der Waals surface area (Å²) in [5, 5.41) is 0. The van der Waals surface area contributed by atoms with Crippen molar-refractivity contribution in [2.24, 2.45) is 5.92 Å². The van der Waals surface area contributed by atoms with Crippen molar-refractivity contribution in [3.63, 3.8) is 0 Å². The van der Waals surface area contributed by atoms with Crippen LogP contribution in [0.3, 0.4) is 0 Å². The third kappa shape index (κ3) is 2.37. The van der Waals surface area contributed by atoms with E-state index in [1.807, 2.05) is 6.92 Å². The summed E-state index contributed by atoms with van der Waals surface area (Å²) in [5.74, 6) is -1.84. The first kappa shape index (κ1) is 10.8. The van der Waals surface area contributed by atoms with Gasteiger partial charge in [-0.15, -0.1) is 0 Å². The van der Waals surface area contributed by atoms with E-state index < -0.39 is 11.6 Å². The van der Waals surface area contributed by atoms with E-state index >= 15 is 0 Å². The van der Waals surface area contributed by atoms with Crippen molar-refractivity contribution in [3.8, 4) is 0 Å². The Morgan fingerprint density at radius 2 is 1.79 bits per heavy atom. The zero-order valence-electron chi connectivity index (χ0n) is 8.18. The lowest BCUT2D eigenvalue weighted by molar-refractivity contribution is 0.0926. The molecule has 1 atom stereocenters. The molecule has 0 radical (unpaired) electrons. The van der Waals surface area contributed by atoms with E-state index in [0.29, 0.717) is 6.42 Å². The molecule has 0 aliphatic heterocycles. The van der Waals surface area contributed by atoms with E-state index in [-0.39, 0.29) is 17.3 Å². The van der Waals surface area contributed by atoms with Gasteiger partial charge in [-0.25, -0.2) is 8.78 Å². The molecular formula is C11H12F2O. The van der Waals surface area contributed by atoms with E-state index in [4.69, 9.17) is 0 Å². The van der Waals surface area contributed by atoms with Gasteiger partial charge in [-0.05, 0) is 18.6 Å². The second-order valence-corrected chi connectivity index (χ2v) is 3.33. The van der Waals surface area contributed by atoms with Crippen molar-refractivity contribution in [1.82, 2.24) is 0 Å². The average Bonchev–Trinajstić information content (AvgIpc) is 2.14. The topological polar surface area (TPSA) is 17.1 Å². The van der Waals surface area contributed by atoms with Gasteiger partial charge in [0.25, 0.3) is 0 Å². The van der Waals surface area contributed by atoms with Gasteiger partial charge in [0.1, 0.15) is 11.6 Å². The number of Topliss-reactive ketones (excluding diaryl/α,β-unsaturated/α-hetero) is 1. The van der Waals surface area contributed by atoms with Crippen LogP contribution in [0.5, 0.6) is 0 Å². The summed E-state index contributed by atoms with van der Waals surface area (Å²) in [6.45, 7) is 3.60. The molecule has 0 heterocycles. The summed E-state index contributed by atoms with van der Waals surface area (Å²) >= 11 is 0. The van der Waals surface area contributed by atoms with E-state index in [9.17, 15) is 13.6 Å². The van der Waals surface area contributed by atoms with Gasteiger partial charge in [-0.1, -0.05) is 13.8 Å². The monoisotopic (exact) mass is 198 g/mol. The second-order valence-electron chi connectivity index (χ2n) is 3.33. The van der Waals surface area contributed by atoms with Crippen LogP contribution in [0.15, 0.2) is 18.2 Å². The van der Waals surface area contributed by atoms with Crippen LogP contribution in [0, 0.1) is 17.6 Å². The first-order valence-corrected chi connectivity index (χ1v) is 4.55. The first-order chi connectivity index (χ1) is 6.54. The molecule has 0 fully saturated rings. The standard InChI is InChI=1S/C11H12F2O/c1-3-7(2)11(14)8-4-9(12)6-10(13)5-8/h4-7H,3H2,1-2H3. The smallest absolute Gasteiger partial charge is 0.165 e. The molecule has 76 valence electrons. The molecule has 0 spiro atoms. The summed E-state index contributed by atoms with van der Waals surface area (Å²) in [6, 6.07) is 2.89. The van der Waals surface area contributed by atoms with Crippen LogP contribution in [0.2, 0.25) is 0 Å². The zero-order valence-corrected chi connectivity index (χ0v) is 8.18. The fourth-order valence-electron chi connectivity index (χ4n) is 1.17. The van der Waals surface area contributed by atoms with Crippen LogP contribution < -0.4 is 0 Å². The number of carbonyl (C=O) groups is 1. The predicted octanol–water partition coefficient (Wildman–Crippen LogP) is 3.19. The molecule has 0 aliphatic carbocycles. The van der Waals surface area contributed by atoms with Crippen LogP contribution in [0.4, 0.5) is 8.78 Å². The van der Waals surface area contributed by atoms with Crippen LogP contribution in [-0.2, 0) is 0 Å². The van der Waals surface area contributed by atoms with Crippen molar-refractivity contribution in [2.45, 2.75) is 20.3 Å². The van der Waals surface area contributed by atoms with Crippen molar-refractivity contribution in [1.29, 1.82) is 0 Å². The molecule has 0 bridgehead atoms. The number of hydrogen-bond donors (Lipinski definition) is 0. The summed E-state index contributed by atoms with van der Waals surface area (Å²) in [7, 11) is 0. The minimum absolute atomic E-state index is 0.108. The van der Waals surface area contributed by atoms with Gasteiger partial charge in [0, 0.05) is 17.5 Å². The van der Waals surface area contributed by atoms with Gasteiger partial charge in [-0.2, -0.15) is 0 Å². The predicted molar refractivity (Wildman–Crippen MR) is 50.1 cm³/mol. The molecule has 1 aromatic rings.